The number of rotatable bonds is 4. The van der Waals surface area contributed by atoms with Gasteiger partial charge in [0.15, 0.2) is 0 Å². The third kappa shape index (κ3) is 4.48. The highest BCUT2D eigenvalue weighted by molar-refractivity contribution is 8.28. The Bertz CT molecular complexity index is 2820. The van der Waals surface area contributed by atoms with Crippen molar-refractivity contribution >= 4 is 50.3 Å². The Balaban J connectivity index is 1.13. The Morgan fingerprint density at radius 3 is 1.85 bits per heavy atom. The van der Waals surface area contributed by atoms with Gasteiger partial charge in [0.2, 0.25) is 0 Å². The van der Waals surface area contributed by atoms with Crippen LogP contribution in [-0.4, -0.2) is 10.6 Å². The monoisotopic (exact) mass is 679 g/mol. The molecule has 8 aromatic carbocycles. The summed E-state index contributed by atoms with van der Waals surface area (Å²) in [6.45, 7) is 0. The van der Waals surface area contributed by atoms with Gasteiger partial charge >= 0.3 is 0 Å². The summed E-state index contributed by atoms with van der Waals surface area (Å²) in [6, 6.07) is 66.0. The Hall–Kier alpha value is -6.23. The molecule has 3 heterocycles. The first-order valence-electron chi connectivity index (χ1n) is 17.8. The second-order valence-electron chi connectivity index (χ2n) is 13.6. The maximum absolute atomic E-state index is 6.81. The molecular weight excluding hydrogens is 649 g/mol. The maximum Gasteiger partial charge on any atom is 0.289 e. The maximum atomic E-state index is 6.81. The summed E-state index contributed by atoms with van der Waals surface area (Å²) in [7, 11) is 0. The summed E-state index contributed by atoms with van der Waals surface area (Å²) < 4.78 is 9.23. The van der Waals surface area contributed by atoms with Gasteiger partial charge in [0.25, 0.3) is 5.99 Å². The van der Waals surface area contributed by atoms with Crippen LogP contribution in [0.4, 0.5) is 0 Å². The van der Waals surface area contributed by atoms with E-state index in [0.717, 1.165) is 22.7 Å². The largest absolute Gasteiger partial charge is 0.458 e. The highest BCUT2D eigenvalue weighted by Gasteiger charge is 2.39. The first kappa shape index (κ1) is 29.5. The lowest BCUT2D eigenvalue weighted by atomic mass is 9.57. The minimum atomic E-state index is 0.128. The summed E-state index contributed by atoms with van der Waals surface area (Å²) in [5, 5.41) is 2.51. The zero-order chi connectivity index (χ0) is 34.2. The van der Waals surface area contributed by atoms with Crippen molar-refractivity contribution in [2.24, 2.45) is 0 Å². The topological polar surface area (TPSA) is 14.2 Å². The van der Waals surface area contributed by atoms with Crippen LogP contribution in [0.25, 0.3) is 72.0 Å². The second kappa shape index (κ2) is 11.7. The van der Waals surface area contributed by atoms with E-state index in [9.17, 15) is 0 Å². The molecule has 0 radical (unpaired) electrons. The molecule has 0 fully saturated rings. The van der Waals surface area contributed by atoms with E-state index in [1.165, 1.54) is 76.6 Å². The van der Waals surface area contributed by atoms with Crippen LogP contribution in [0.5, 0.6) is 11.5 Å². The summed E-state index contributed by atoms with van der Waals surface area (Å²) in [4.78, 5) is 1.29. The molecule has 1 aromatic heterocycles. The predicted octanol–water partition coefficient (Wildman–Crippen LogP) is 11.8. The Kier molecular flexibility index (Phi) is 6.62. The third-order valence-corrected chi connectivity index (χ3v) is 12.0. The van der Waals surface area contributed by atoms with E-state index in [4.69, 9.17) is 4.74 Å². The van der Waals surface area contributed by atoms with E-state index in [0.29, 0.717) is 0 Å². The molecule has 2 nitrogen and oxygen atoms in total. The summed E-state index contributed by atoms with van der Waals surface area (Å²) in [5.74, 6) is 1.99. The van der Waals surface area contributed by atoms with Crippen molar-refractivity contribution in [3.8, 4) is 61.7 Å². The van der Waals surface area contributed by atoms with Crippen molar-refractivity contribution < 1.29 is 4.74 Å². The molecule has 9 aromatic rings. The molecule has 2 aliphatic rings. The number of aromatic nitrogens is 1. The van der Waals surface area contributed by atoms with Crippen LogP contribution in [0, 0.1) is 0 Å². The number of para-hydroxylation sites is 4. The number of fused-ring (bicyclic) bond motifs is 7. The molecule has 0 aliphatic carbocycles. The van der Waals surface area contributed by atoms with Crippen LogP contribution in [0.15, 0.2) is 187 Å². The molecule has 2 aliphatic heterocycles. The van der Waals surface area contributed by atoms with Crippen molar-refractivity contribution in [1.82, 2.24) is 4.57 Å². The van der Waals surface area contributed by atoms with Crippen LogP contribution in [0.1, 0.15) is 0 Å². The van der Waals surface area contributed by atoms with Gasteiger partial charge in [-0.2, -0.15) is 11.6 Å². The quantitative estimate of drug-likeness (QED) is 0.172. The van der Waals surface area contributed by atoms with E-state index in [2.05, 4.69) is 187 Å². The van der Waals surface area contributed by atoms with E-state index >= 15 is 0 Å². The number of benzene rings is 8. The van der Waals surface area contributed by atoms with Crippen LogP contribution < -0.4 is 15.7 Å². The van der Waals surface area contributed by atoms with Crippen LogP contribution >= 0.6 is 11.6 Å². The lowest BCUT2D eigenvalue weighted by molar-refractivity contribution is 0.488. The molecule has 242 valence electrons. The SMILES string of the molecule is c1ccc(-c2ccccc2-c2ccc3c(c2)SB2c4ccccc4Oc4cc(-c5ccccc5-n5c6ccccc6c6ccccc65)cc-3c42)cc1. The van der Waals surface area contributed by atoms with Gasteiger partial charge in [0.1, 0.15) is 11.5 Å². The van der Waals surface area contributed by atoms with Gasteiger partial charge in [0, 0.05) is 21.2 Å². The highest BCUT2D eigenvalue weighted by atomic mass is 32.2. The fraction of sp³-hybridized carbons (Fsp3) is 0. The molecule has 0 amide bonds. The molecule has 0 unspecified atom stereocenters. The molecule has 4 heteroatoms. The summed E-state index contributed by atoms with van der Waals surface area (Å²) >= 11 is 1.94. The Labute approximate surface area is 307 Å². The highest BCUT2D eigenvalue weighted by Crippen LogP contribution is 2.47. The predicted molar refractivity (Wildman–Crippen MR) is 220 cm³/mol. The number of hydrogen-bond acceptors (Lipinski definition) is 2. The molecule has 0 saturated heterocycles. The molecule has 52 heavy (non-hydrogen) atoms. The Morgan fingerprint density at radius 2 is 1.06 bits per heavy atom. The second-order valence-corrected chi connectivity index (χ2v) is 14.7. The summed E-state index contributed by atoms with van der Waals surface area (Å²) in [5.41, 5.74) is 15.8. The smallest absolute Gasteiger partial charge is 0.289 e. The summed E-state index contributed by atoms with van der Waals surface area (Å²) in [6.07, 6.45) is 0. The van der Waals surface area contributed by atoms with E-state index in [-0.39, 0.29) is 5.99 Å². The van der Waals surface area contributed by atoms with Gasteiger partial charge in [-0.25, -0.2) is 0 Å². The van der Waals surface area contributed by atoms with Gasteiger partial charge in [-0.3, -0.25) is 0 Å². The molecule has 0 atom stereocenters. The molecule has 11 rings (SSSR count). The number of ether oxygens (including phenoxy) is 1. The van der Waals surface area contributed by atoms with Gasteiger partial charge < -0.3 is 9.30 Å². The van der Waals surface area contributed by atoms with Crippen molar-refractivity contribution in [2.45, 2.75) is 4.90 Å². The lowest BCUT2D eigenvalue weighted by Gasteiger charge is -2.33. The fourth-order valence-corrected chi connectivity index (χ4v) is 9.82. The minimum absolute atomic E-state index is 0.128. The van der Waals surface area contributed by atoms with Gasteiger partial charge in [-0.1, -0.05) is 140 Å². The first-order chi connectivity index (χ1) is 25.8. The average molecular weight is 680 g/mol. The molecular formula is C48H30BNOS. The van der Waals surface area contributed by atoms with Crippen molar-refractivity contribution in [2.75, 3.05) is 0 Å². The number of hydrogen-bond donors (Lipinski definition) is 0. The van der Waals surface area contributed by atoms with Crippen molar-refractivity contribution in [3.05, 3.63) is 182 Å². The zero-order valence-corrected chi connectivity index (χ0v) is 29.0. The van der Waals surface area contributed by atoms with Crippen LogP contribution in [-0.2, 0) is 0 Å². The Morgan fingerprint density at radius 1 is 0.423 bits per heavy atom. The standard InChI is InChI=1S/C48H30BNOS/c1-2-14-31(15-3-1)34-16-4-5-17-35(34)32-26-27-39-40-28-33(29-46-48(40)49(52-47(39)30-32)41-21-9-13-25-45(41)51-46)36-18-6-10-22-42(36)50-43-23-11-7-19-37(43)38-20-8-12-24-44(38)50/h1-30H. The normalized spacial score (nSPS) is 12.7. The van der Waals surface area contributed by atoms with E-state index in [1.54, 1.807) is 0 Å². The van der Waals surface area contributed by atoms with Crippen molar-refractivity contribution in [1.29, 1.82) is 0 Å². The van der Waals surface area contributed by atoms with Crippen LogP contribution in [0.2, 0.25) is 0 Å². The third-order valence-electron chi connectivity index (χ3n) is 10.7. The minimum Gasteiger partial charge on any atom is -0.458 e. The van der Waals surface area contributed by atoms with Gasteiger partial charge in [-0.05, 0) is 92.3 Å². The fourth-order valence-electron chi connectivity index (χ4n) is 8.38. The average Bonchev–Trinajstić information content (AvgIpc) is 3.55. The van der Waals surface area contributed by atoms with Crippen LogP contribution in [0.3, 0.4) is 0 Å². The number of nitrogens with zero attached hydrogens (tertiary/aromatic N) is 1. The van der Waals surface area contributed by atoms with Gasteiger partial charge in [0.05, 0.1) is 16.7 Å². The molecule has 0 spiro atoms. The van der Waals surface area contributed by atoms with Gasteiger partial charge in [-0.15, -0.1) is 0 Å². The lowest BCUT2D eigenvalue weighted by Crippen LogP contribution is -2.46. The van der Waals surface area contributed by atoms with E-state index < -0.39 is 0 Å². The zero-order valence-electron chi connectivity index (χ0n) is 28.2. The molecule has 0 N–H and O–H groups in total. The first-order valence-corrected chi connectivity index (χ1v) is 18.7. The molecule has 0 bridgehead atoms. The van der Waals surface area contributed by atoms with Crippen molar-refractivity contribution in [3.63, 3.8) is 0 Å². The molecule has 0 saturated carbocycles. The van der Waals surface area contributed by atoms with E-state index in [1.807, 2.05) is 11.6 Å².